The van der Waals surface area contributed by atoms with Crippen molar-refractivity contribution in [2.24, 2.45) is 0 Å². The van der Waals surface area contributed by atoms with E-state index in [1.54, 1.807) is 11.1 Å². The van der Waals surface area contributed by atoms with E-state index in [2.05, 4.69) is 4.98 Å². The van der Waals surface area contributed by atoms with Crippen LogP contribution in [0.3, 0.4) is 0 Å². The van der Waals surface area contributed by atoms with Gasteiger partial charge < -0.3 is 9.64 Å². The summed E-state index contributed by atoms with van der Waals surface area (Å²) < 4.78 is 5.19. The minimum absolute atomic E-state index is 0.205. The highest BCUT2D eigenvalue weighted by Gasteiger charge is 2.34. The van der Waals surface area contributed by atoms with Gasteiger partial charge in [0, 0.05) is 30.1 Å². The molecule has 27 heavy (non-hydrogen) atoms. The van der Waals surface area contributed by atoms with Crippen LogP contribution in [0.4, 0.5) is 5.69 Å². The van der Waals surface area contributed by atoms with Gasteiger partial charge in [0.15, 0.2) is 6.10 Å². The highest BCUT2D eigenvalue weighted by molar-refractivity contribution is 7.09. The fraction of sp³-hybridized carbons (Fsp3) is 0.190. The molecule has 4 rings (SSSR count). The molecule has 136 valence electrons. The van der Waals surface area contributed by atoms with Gasteiger partial charge in [0.1, 0.15) is 5.01 Å². The molecule has 1 fully saturated rings. The first-order chi connectivity index (χ1) is 13.2. The molecule has 2 aromatic carbocycles. The van der Waals surface area contributed by atoms with E-state index in [1.165, 1.54) is 11.3 Å². The van der Waals surface area contributed by atoms with Gasteiger partial charge in [0.05, 0.1) is 6.54 Å². The van der Waals surface area contributed by atoms with Crippen molar-refractivity contribution < 1.29 is 14.3 Å². The molecule has 1 atom stereocenters. The van der Waals surface area contributed by atoms with Crippen LogP contribution in [-0.4, -0.2) is 23.0 Å². The first kappa shape index (κ1) is 17.4. The van der Waals surface area contributed by atoms with Crippen LogP contribution in [0.15, 0.2) is 66.2 Å². The van der Waals surface area contributed by atoms with Crippen LogP contribution in [0.5, 0.6) is 0 Å². The maximum atomic E-state index is 13.0. The molecule has 0 unspecified atom stereocenters. The molecular formula is C21H18N2O3S. The number of esters is 1. The number of hydrogen-bond acceptors (Lipinski definition) is 5. The number of nitrogens with zero attached hydrogens (tertiary/aromatic N) is 2. The standard InChI is InChI=1S/C21H18N2O3S/c24-20-11-10-18(26-20)21(25)23(14-19-22-12-13-27-19)17-8-6-16(7-9-17)15-4-2-1-3-5-15/h1-9,12-13,18H,10-11,14H2/t18-/m0/s1. The Kier molecular flexibility index (Phi) is 4.98. The summed E-state index contributed by atoms with van der Waals surface area (Å²) in [5.74, 6) is -0.523. The van der Waals surface area contributed by atoms with E-state index in [0.29, 0.717) is 13.0 Å². The van der Waals surface area contributed by atoms with Gasteiger partial charge in [0.25, 0.3) is 5.91 Å². The Hall–Kier alpha value is -2.99. The van der Waals surface area contributed by atoms with Gasteiger partial charge in [-0.15, -0.1) is 11.3 Å². The van der Waals surface area contributed by atoms with Crippen LogP contribution in [-0.2, 0) is 20.9 Å². The minimum atomic E-state index is -0.716. The van der Waals surface area contributed by atoms with Crippen LogP contribution in [0, 0.1) is 0 Å². The molecule has 0 aliphatic carbocycles. The Morgan fingerprint density at radius 2 is 1.85 bits per heavy atom. The number of hydrogen-bond donors (Lipinski definition) is 0. The Bertz CT molecular complexity index is 924. The van der Waals surface area contributed by atoms with Crippen molar-refractivity contribution in [2.45, 2.75) is 25.5 Å². The van der Waals surface area contributed by atoms with Crippen LogP contribution in [0.2, 0.25) is 0 Å². The second-order valence-electron chi connectivity index (χ2n) is 6.28. The van der Waals surface area contributed by atoms with Crippen molar-refractivity contribution in [3.63, 3.8) is 0 Å². The van der Waals surface area contributed by atoms with Crippen LogP contribution < -0.4 is 4.90 Å². The second kappa shape index (κ2) is 7.72. The average molecular weight is 378 g/mol. The lowest BCUT2D eigenvalue weighted by Crippen LogP contribution is -2.38. The third-order valence-corrected chi connectivity index (χ3v) is 5.25. The summed E-state index contributed by atoms with van der Waals surface area (Å²) in [5.41, 5.74) is 2.96. The van der Waals surface area contributed by atoms with Crippen molar-refractivity contribution in [1.29, 1.82) is 0 Å². The van der Waals surface area contributed by atoms with E-state index in [0.717, 1.165) is 21.8 Å². The zero-order valence-corrected chi connectivity index (χ0v) is 15.4. The minimum Gasteiger partial charge on any atom is -0.452 e. The number of amides is 1. The molecule has 1 aliphatic heterocycles. The second-order valence-corrected chi connectivity index (χ2v) is 7.26. The number of benzene rings is 2. The first-order valence-corrected chi connectivity index (χ1v) is 9.63. The molecule has 0 saturated carbocycles. The summed E-state index contributed by atoms with van der Waals surface area (Å²) in [5, 5.41) is 2.71. The molecule has 0 radical (unpaired) electrons. The number of cyclic esters (lactones) is 1. The lowest BCUT2D eigenvalue weighted by molar-refractivity contribution is -0.147. The normalized spacial score (nSPS) is 16.1. The maximum absolute atomic E-state index is 13.0. The van der Waals surface area contributed by atoms with Crippen LogP contribution in [0.25, 0.3) is 11.1 Å². The summed E-state index contributed by atoms with van der Waals surface area (Å²) >= 11 is 1.49. The number of ether oxygens (including phenoxy) is 1. The van der Waals surface area contributed by atoms with Gasteiger partial charge in [-0.2, -0.15) is 0 Å². The average Bonchev–Trinajstić information content (AvgIpc) is 3.38. The van der Waals surface area contributed by atoms with Crippen molar-refractivity contribution >= 4 is 28.9 Å². The van der Waals surface area contributed by atoms with Crippen LogP contribution in [0.1, 0.15) is 17.8 Å². The molecule has 0 N–H and O–H groups in total. The molecular weight excluding hydrogens is 360 g/mol. The number of rotatable bonds is 5. The summed E-state index contributed by atoms with van der Waals surface area (Å²) in [7, 11) is 0. The third-order valence-electron chi connectivity index (χ3n) is 4.49. The summed E-state index contributed by atoms with van der Waals surface area (Å²) in [6.07, 6.45) is 1.71. The summed E-state index contributed by atoms with van der Waals surface area (Å²) in [6.45, 7) is 0.356. The molecule has 1 amide bonds. The Morgan fingerprint density at radius 1 is 1.11 bits per heavy atom. The topological polar surface area (TPSA) is 59.5 Å². The molecule has 5 nitrogen and oxygen atoms in total. The highest BCUT2D eigenvalue weighted by Crippen LogP contribution is 2.27. The summed E-state index contributed by atoms with van der Waals surface area (Å²) in [6, 6.07) is 17.9. The number of carbonyl (C=O) groups excluding carboxylic acids is 2. The van der Waals surface area contributed by atoms with E-state index in [4.69, 9.17) is 4.74 Å². The van der Waals surface area contributed by atoms with Crippen molar-refractivity contribution in [1.82, 2.24) is 4.98 Å². The third kappa shape index (κ3) is 3.90. The smallest absolute Gasteiger partial charge is 0.306 e. The van der Waals surface area contributed by atoms with E-state index < -0.39 is 6.10 Å². The molecule has 0 spiro atoms. The maximum Gasteiger partial charge on any atom is 0.306 e. The van der Waals surface area contributed by atoms with Gasteiger partial charge in [-0.05, 0) is 23.3 Å². The zero-order valence-electron chi connectivity index (χ0n) is 14.6. The molecule has 1 aliphatic rings. The highest BCUT2D eigenvalue weighted by atomic mass is 32.1. The SMILES string of the molecule is O=C1CC[C@@H](C(=O)N(Cc2nccs2)c2ccc(-c3ccccc3)cc2)O1. The lowest BCUT2D eigenvalue weighted by Gasteiger charge is -2.24. The van der Waals surface area contributed by atoms with Gasteiger partial charge >= 0.3 is 5.97 Å². The van der Waals surface area contributed by atoms with Gasteiger partial charge in [0.2, 0.25) is 0 Å². The van der Waals surface area contributed by atoms with Crippen LogP contribution >= 0.6 is 11.3 Å². The number of aromatic nitrogens is 1. The molecule has 3 aromatic rings. The Labute approximate surface area is 161 Å². The molecule has 1 saturated heterocycles. The Morgan fingerprint density at radius 3 is 2.48 bits per heavy atom. The van der Waals surface area contributed by atoms with E-state index >= 15 is 0 Å². The molecule has 6 heteroatoms. The number of carbonyl (C=O) groups is 2. The predicted octanol–water partition coefficient (Wildman–Crippen LogP) is 4.05. The Balaban J connectivity index is 1.61. The quantitative estimate of drug-likeness (QED) is 0.629. The van der Waals surface area contributed by atoms with E-state index in [9.17, 15) is 9.59 Å². The largest absolute Gasteiger partial charge is 0.452 e. The molecule has 1 aromatic heterocycles. The fourth-order valence-corrected chi connectivity index (χ4v) is 3.70. The van der Waals surface area contributed by atoms with Gasteiger partial charge in [-0.25, -0.2) is 4.98 Å². The van der Waals surface area contributed by atoms with Gasteiger partial charge in [-0.1, -0.05) is 42.5 Å². The predicted molar refractivity (Wildman–Crippen MR) is 104 cm³/mol. The van der Waals surface area contributed by atoms with Crippen molar-refractivity contribution in [3.8, 4) is 11.1 Å². The molecule has 2 heterocycles. The van der Waals surface area contributed by atoms with E-state index in [-0.39, 0.29) is 18.3 Å². The van der Waals surface area contributed by atoms with Crippen molar-refractivity contribution in [3.05, 3.63) is 71.2 Å². The first-order valence-electron chi connectivity index (χ1n) is 8.75. The van der Waals surface area contributed by atoms with Gasteiger partial charge in [-0.3, -0.25) is 9.59 Å². The monoisotopic (exact) mass is 378 g/mol. The van der Waals surface area contributed by atoms with E-state index in [1.807, 2.05) is 60.0 Å². The summed E-state index contributed by atoms with van der Waals surface area (Å²) in [4.78, 5) is 30.4. The zero-order chi connectivity index (χ0) is 18.6. The number of anilines is 1. The van der Waals surface area contributed by atoms with Crippen molar-refractivity contribution in [2.75, 3.05) is 4.90 Å². The fourth-order valence-electron chi connectivity index (χ4n) is 3.10. The molecule has 0 bridgehead atoms. The lowest BCUT2D eigenvalue weighted by atomic mass is 10.1. The number of thiazole rings is 1.